The summed E-state index contributed by atoms with van der Waals surface area (Å²) >= 11 is 0. The average molecular weight is 220 g/mol. The van der Waals surface area contributed by atoms with Crippen LogP contribution in [0.15, 0.2) is 11.1 Å². The smallest absolute Gasteiger partial charge is 0.0577 e. The summed E-state index contributed by atoms with van der Waals surface area (Å²) in [5, 5.41) is 10.2. The lowest BCUT2D eigenvalue weighted by molar-refractivity contribution is 0.102. The Labute approximate surface area is 98.9 Å². The maximum atomic E-state index is 10.2. The fraction of sp³-hybridized carbons (Fsp3) is 0.867. The van der Waals surface area contributed by atoms with E-state index in [1.165, 1.54) is 19.3 Å². The Kier molecular flexibility index (Phi) is 1.98. The molecule has 0 amide bonds. The predicted octanol–water partition coefficient (Wildman–Crippen LogP) is 3.53. The summed E-state index contributed by atoms with van der Waals surface area (Å²) in [5.41, 5.74) is 4.15. The number of rotatable bonds is 0. The van der Waals surface area contributed by atoms with Crippen LogP contribution in [-0.4, -0.2) is 11.2 Å². The average Bonchev–Trinajstić information content (AvgIpc) is 2.72. The van der Waals surface area contributed by atoms with Gasteiger partial charge in [-0.1, -0.05) is 31.9 Å². The van der Waals surface area contributed by atoms with Gasteiger partial charge >= 0.3 is 0 Å². The van der Waals surface area contributed by atoms with Crippen LogP contribution in [0.5, 0.6) is 0 Å². The van der Waals surface area contributed by atoms with E-state index in [0.29, 0.717) is 16.7 Å². The van der Waals surface area contributed by atoms with E-state index in [1.807, 2.05) is 0 Å². The van der Waals surface area contributed by atoms with Crippen molar-refractivity contribution in [2.75, 3.05) is 0 Å². The molecule has 0 aromatic carbocycles. The molecule has 0 aromatic rings. The molecule has 0 heterocycles. The molecule has 4 atom stereocenters. The zero-order valence-electron chi connectivity index (χ0n) is 11.0. The summed E-state index contributed by atoms with van der Waals surface area (Å²) in [6, 6.07) is 0. The normalized spacial score (nSPS) is 49.7. The van der Waals surface area contributed by atoms with Crippen molar-refractivity contribution >= 4 is 0 Å². The second-order valence-corrected chi connectivity index (χ2v) is 7.11. The fourth-order valence-electron chi connectivity index (χ4n) is 5.21. The summed E-state index contributed by atoms with van der Waals surface area (Å²) in [5.74, 6) is 1.20. The Bertz CT molecular complexity index is 366. The third kappa shape index (κ3) is 1.01. The monoisotopic (exact) mass is 220 g/mol. The van der Waals surface area contributed by atoms with Gasteiger partial charge in [-0.2, -0.15) is 0 Å². The van der Waals surface area contributed by atoms with Crippen molar-refractivity contribution in [3.63, 3.8) is 0 Å². The lowest BCUT2D eigenvalue weighted by atomic mass is 9.68. The Balaban J connectivity index is 2.15. The van der Waals surface area contributed by atoms with E-state index in [2.05, 4.69) is 27.7 Å². The zero-order chi connectivity index (χ0) is 11.7. The molecule has 3 aliphatic carbocycles. The van der Waals surface area contributed by atoms with Crippen molar-refractivity contribution in [2.24, 2.45) is 22.7 Å². The third-order valence-corrected chi connectivity index (χ3v) is 6.06. The molecule has 2 fully saturated rings. The molecule has 3 rings (SSSR count). The minimum absolute atomic E-state index is 0.0644. The van der Waals surface area contributed by atoms with Crippen molar-refractivity contribution in [2.45, 2.75) is 59.5 Å². The van der Waals surface area contributed by atoms with Crippen LogP contribution >= 0.6 is 0 Å². The lowest BCUT2D eigenvalue weighted by Crippen LogP contribution is -2.31. The highest BCUT2D eigenvalue weighted by atomic mass is 16.3. The van der Waals surface area contributed by atoms with Crippen molar-refractivity contribution in [1.82, 2.24) is 0 Å². The van der Waals surface area contributed by atoms with E-state index < -0.39 is 0 Å². The molecule has 1 nitrogen and oxygen atoms in total. The van der Waals surface area contributed by atoms with Crippen LogP contribution in [0.4, 0.5) is 0 Å². The molecule has 0 unspecified atom stereocenters. The van der Waals surface area contributed by atoms with E-state index in [9.17, 15) is 5.11 Å². The highest BCUT2D eigenvalue weighted by Crippen LogP contribution is 2.71. The van der Waals surface area contributed by atoms with Gasteiger partial charge in [0.05, 0.1) is 6.10 Å². The summed E-state index contributed by atoms with van der Waals surface area (Å²) < 4.78 is 0. The number of allylic oxidation sites excluding steroid dienone is 2. The van der Waals surface area contributed by atoms with Crippen molar-refractivity contribution in [3.05, 3.63) is 11.1 Å². The fourth-order valence-corrected chi connectivity index (χ4v) is 5.21. The first-order valence-electron chi connectivity index (χ1n) is 6.77. The molecule has 1 N–H and O–H groups in total. The van der Waals surface area contributed by atoms with Gasteiger partial charge < -0.3 is 5.11 Å². The molecule has 0 saturated heterocycles. The van der Waals surface area contributed by atoms with E-state index in [0.717, 1.165) is 12.3 Å². The van der Waals surface area contributed by atoms with Crippen molar-refractivity contribution in [1.29, 1.82) is 0 Å². The Morgan fingerprint density at radius 1 is 1.31 bits per heavy atom. The van der Waals surface area contributed by atoms with Gasteiger partial charge in [-0.15, -0.1) is 0 Å². The molecule has 1 spiro atoms. The number of hydrogen-bond donors (Lipinski definition) is 1. The maximum absolute atomic E-state index is 10.2. The second kappa shape index (κ2) is 2.93. The van der Waals surface area contributed by atoms with E-state index in [4.69, 9.17) is 0 Å². The Morgan fingerprint density at radius 2 is 2.00 bits per heavy atom. The minimum Gasteiger partial charge on any atom is -0.393 e. The largest absolute Gasteiger partial charge is 0.393 e. The minimum atomic E-state index is -0.0644. The van der Waals surface area contributed by atoms with E-state index >= 15 is 0 Å². The van der Waals surface area contributed by atoms with Gasteiger partial charge in [-0.05, 0) is 49.9 Å². The molecule has 2 saturated carbocycles. The van der Waals surface area contributed by atoms with Crippen LogP contribution in [0.2, 0.25) is 0 Å². The zero-order valence-corrected chi connectivity index (χ0v) is 11.0. The molecule has 90 valence electrons. The Morgan fingerprint density at radius 3 is 2.69 bits per heavy atom. The number of hydrogen-bond acceptors (Lipinski definition) is 1. The highest BCUT2D eigenvalue weighted by Gasteiger charge is 2.64. The maximum Gasteiger partial charge on any atom is 0.0577 e. The molecular formula is C15H24O. The van der Waals surface area contributed by atoms with Gasteiger partial charge in [0.2, 0.25) is 0 Å². The third-order valence-electron chi connectivity index (χ3n) is 6.06. The molecule has 0 aromatic heterocycles. The summed E-state index contributed by atoms with van der Waals surface area (Å²) in [6.45, 7) is 9.41. The molecule has 0 aliphatic heterocycles. The lowest BCUT2D eigenvalue weighted by Gasteiger charge is -2.35. The van der Waals surface area contributed by atoms with Crippen LogP contribution in [0, 0.1) is 22.7 Å². The van der Waals surface area contributed by atoms with Crippen LogP contribution in [0.1, 0.15) is 53.4 Å². The first-order chi connectivity index (χ1) is 7.39. The summed E-state index contributed by atoms with van der Waals surface area (Å²) in [6.07, 6.45) is 4.83. The molecular weight excluding hydrogens is 196 g/mol. The van der Waals surface area contributed by atoms with Gasteiger partial charge in [-0.25, -0.2) is 0 Å². The second-order valence-electron chi connectivity index (χ2n) is 7.11. The number of aliphatic hydroxyl groups is 1. The van der Waals surface area contributed by atoms with Gasteiger partial charge in [0.25, 0.3) is 0 Å². The first-order valence-corrected chi connectivity index (χ1v) is 6.77. The topological polar surface area (TPSA) is 20.2 Å². The highest BCUT2D eigenvalue weighted by molar-refractivity contribution is 5.38. The Hall–Kier alpha value is -0.300. The quantitative estimate of drug-likeness (QED) is 0.619. The molecule has 0 radical (unpaired) electrons. The van der Waals surface area contributed by atoms with Crippen LogP contribution in [-0.2, 0) is 0 Å². The molecule has 16 heavy (non-hydrogen) atoms. The standard InChI is InChI=1S/C15H24O/c1-9-5-6-15-10(2)12(16)7-13(15)14(3,4)8-11(9)15/h10,12-13,16H,5-8H2,1-4H3/t10-,12+,13-,15+/m0/s1. The van der Waals surface area contributed by atoms with Crippen LogP contribution < -0.4 is 0 Å². The van der Waals surface area contributed by atoms with Crippen molar-refractivity contribution < 1.29 is 5.11 Å². The number of aliphatic hydroxyl groups excluding tert-OH is 1. The van der Waals surface area contributed by atoms with Gasteiger partial charge in [0.15, 0.2) is 0 Å². The SMILES string of the molecule is CC1=C2CC(C)(C)[C@@H]3C[C@@H](O)[C@H](C)[C@]23CC1. The van der Waals surface area contributed by atoms with Crippen molar-refractivity contribution in [3.8, 4) is 0 Å². The van der Waals surface area contributed by atoms with E-state index in [-0.39, 0.29) is 6.10 Å². The summed E-state index contributed by atoms with van der Waals surface area (Å²) in [4.78, 5) is 0. The van der Waals surface area contributed by atoms with Crippen LogP contribution in [0.3, 0.4) is 0 Å². The molecule has 0 bridgehead atoms. The first kappa shape index (κ1) is 10.8. The summed E-state index contributed by atoms with van der Waals surface area (Å²) in [7, 11) is 0. The van der Waals surface area contributed by atoms with E-state index in [1.54, 1.807) is 11.1 Å². The van der Waals surface area contributed by atoms with Crippen LogP contribution in [0.25, 0.3) is 0 Å². The molecule has 3 aliphatic rings. The van der Waals surface area contributed by atoms with Gasteiger partial charge in [0, 0.05) is 5.41 Å². The molecule has 1 heteroatoms. The predicted molar refractivity (Wildman–Crippen MR) is 66.0 cm³/mol. The van der Waals surface area contributed by atoms with Gasteiger partial charge in [-0.3, -0.25) is 0 Å². The van der Waals surface area contributed by atoms with Gasteiger partial charge in [0.1, 0.15) is 0 Å².